The van der Waals surface area contributed by atoms with Crippen LogP contribution < -0.4 is 21.3 Å². The second kappa shape index (κ2) is 17.0. The molecule has 0 saturated carbocycles. The van der Waals surface area contributed by atoms with Gasteiger partial charge in [0, 0.05) is 37.3 Å². The first-order chi connectivity index (χ1) is 14.7. The Hall–Kier alpha value is -2.92. The normalized spacial score (nSPS) is 11.5. The van der Waals surface area contributed by atoms with Gasteiger partial charge >= 0.3 is 0 Å². The molecule has 5 N–H and O–H groups in total. The third-order valence-electron chi connectivity index (χ3n) is 4.19. The molecule has 11 heteroatoms. The fraction of sp³-hybridized carbons (Fsp3) is 0.632. The maximum Gasteiger partial charge on any atom is 0.204 e. The van der Waals surface area contributed by atoms with Gasteiger partial charge in [-0.25, -0.2) is 4.98 Å². The number of rotatable bonds is 13. The lowest BCUT2D eigenvalue weighted by Gasteiger charge is -2.08. The zero-order valence-electron chi connectivity index (χ0n) is 17.8. The molecule has 0 atom stereocenters. The molecule has 0 spiro atoms. The quantitative estimate of drug-likeness (QED) is 0.104. The molecule has 0 amide bonds. The Bertz CT molecular complexity index is 728. The Balaban J connectivity index is 2.06. The summed E-state index contributed by atoms with van der Waals surface area (Å²) < 4.78 is 0. The van der Waals surface area contributed by atoms with Gasteiger partial charge in [0.25, 0.3) is 0 Å². The summed E-state index contributed by atoms with van der Waals surface area (Å²) in [5.41, 5.74) is 2.18. The van der Waals surface area contributed by atoms with Gasteiger partial charge in [-0.3, -0.25) is 20.6 Å². The number of aliphatic imine (C=N–C) groups is 2. The number of hydrogen-bond acceptors (Lipinski definition) is 6. The predicted octanol–water partition coefficient (Wildman–Crippen LogP) is 1.56. The summed E-state index contributed by atoms with van der Waals surface area (Å²) in [5, 5.41) is 28.8. The van der Waals surface area contributed by atoms with Crippen molar-refractivity contribution in [2.75, 3.05) is 32.4 Å². The third-order valence-corrected chi connectivity index (χ3v) is 5.14. The minimum atomic E-state index is 0.508. The summed E-state index contributed by atoms with van der Waals surface area (Å²) in [6.45, 7) is 4.23. The Morgan fingerprint density at radius 3 is 2.30 bits per heavy atom. The fourth-order valence-corrected chi connectivity index (χ4v) is 3.39. The van der Waals surface area contributed by atoms with E-state index in [4.69, 9.17) is 10.5 Å². The average molecular weight is 433 g/mol. The lowest BCUT2D eigenvalue weighted by atomic mass is 10.1. The Labute approximate surface area is 183 Å². The highest BCUT2D eigenvalue weighted by Crippen LogP contribution is 2.12. The summed E-state index contributed by atoms with van der Waals surface area (Å²) in [4.78, 5) is 15.7. The maximum absolute atomic E-state index is 8.87. The summed E-state index contributed by atoms with van der Waals surface area (Å²) in [5.74, 6) is 2.77. The molecule has 0 aliphatic rings. The van der Waals surface area contributed by atoms with Crippen LogP contribution in [0.2, 0.25) is 0 Å². The number of guanidine groups is 2. The Morgan fingerprint density at radius 1 is 1.07 bits per heavy atom. The largest absolute Gasteiger partial charge is 0.356 e. The molecule has 0 saturated heterocycles. The molecular weight excluding hydrogens is 400 g/mol. The molecule has 0 aromatic carbocycles. The molecule has 0 unspecified atom stereocenters. The predicted molar refractivity (Wildman–Crippen MR) is 122 cm³/mol. The van der Waals surface area contributed by atoms with E-state index in [2.05, 4.69) is 41.2 Å². The van der Waals surface area contributed by atoms with Gasteiger partial charge in [-0.05, 0) is 19.8 Å². The molecule has 0 aliphatic heterocycles. The number of nitrogens with zero attached hydrogens (tertiary/aromatic N) is 5. The van der Waals surface area contributed by atoms with E-state index < -0.39 is 0 Å². The lowest BCUT2D eigenvalue weighted by Crippen LogP contribution is -2.35. The molecular formula is C19H32N10S. The zero-order chi connectivity index (χ0) is 21.9. The van der Waals surface area contributed by atoms with Gasteiger partial charge < -0.3 is 15.6 Å². The van der Waals surface area contributed by atoms with Crippen molar-refractivity contribution in [1.82, 2.24) is 31.2 Å². The number of imidazole rings is 1. The van der Waals surface area contributed by atoms with Gasteiger partial charge in [-0.2, -0.15) is 22.3 Å². The minimum absolute atomic E-state index is 0.508. The van der Waals surface area contributed by atoms with Crippen LogP contribution >= 0.6 is 11.8 Å². The molecule has 0 fully saturated rings. The van der Waals surface area contributed by atoms with Gasteiger partial charge in [-0.15, -0.1) is 0 Å². The molecule has 1 rings (SSSR count). The molecule has 0 radical (unpaired) electrons. The number of thioether (sulfide) groups is 1. The van der Waals surface area contributed by atoms with Crippen molar-refractivity contribution in [2.45, 2.75) is 44.8 Å². The van der Waals surface area contributed by atoms with Crippen molar-refractivity contribution in [2.24, 2.45) is 9.98 Å². The first kappa shape index (κ1) is 25.1. The average Bonchev–Trinajstić information content (AvgIpc) is 3.15. The van der Waals surface area contributed by atoms with Crippen LogP contribution in [0, 0.1) is 29.8 Å². The number of unbranched alkanes of at least 4 members (excludes halogenated alkanes) is 4. The van der Waals surface area contributed by atoms with Crippen molar-refractivity contribution < 1.29 is 0 Å². The first-order valence-electron chi connectivity index (χ1n) is 10.1. The summed E-state index contributed by atoms with van der Waals surface area (Å²) in [6.07, 6.45) is 10.9. The third kappa shape index (κ3) is 11.8. The van der Waals surface area contributed by atoms with E-state index in [1.54, 1.807) is 25.1 Å². The monoisotopic (exact) mass is 432 g/mol. The Morgan fingerprint density at radius 2 is 1.70 bits per heavy atom. The molecule has 164 valence electrons. The first-order valence-corrected chi connectivity index (χ1v) is 11.2. The van der Waals surface area contributed by atoms with E-state index in [0.717, 1.165) is 68.1 Å². The molecule has 1 aromatic heterocycles. The fourth-order valence-electron chi connectivity index (χ4n) is 2.54. The van der Waals surface area contributed by atoms with Crippen LogP contribution in [0.4, 0.5) is 0 Å². The second-order valence-electron chi connectivity index (χ2n) is 6.42. The molecule has 0 bridgehead atoms. The number of H-pyrrole nitrogens is 1. The van der Waals surface area contributed by atoms with Gasteiger partial charge in [0.05, 0.1) is 18.6 Å². The van der Waals surface area contributed by atoms with Crippen LogP contribution in [-0.4, -0.2) is 54.3 Å². The van der Waals surface area contributed by atoms with Gasteiger partial charge in [-0.1, -0.05) is 19.3 Å². The minimum Gasteiger partial charge on any atom is -0.356 e. The SMILES string of the molecule is C/N=C(/NC#N)NCCCCCCCN/C(=N\CCSCc1nc[nH]c1C)NC#N. The van der Waals surface area contributed by atoms with Crippen LogP contribution in [0.15, 0.2) is 16.3 Å². The van der Waals surface area contributed by atoms with Gasteiger partial charge in [0.1, 0.15) is 0 Å². The highest BCUT2D eigenvalue weighted by molar-refractivity contribution is 7.98. The standard InChI is InChI=1S/C19H32N10S/c1-16-17(29-15-28-16)12-30-11-10-25-19(27-14-21)24-9-7-5-3-4-6-8-23-18(22-2)26-13-20/h15H,3-12H2,1-2H3,(H,28,29)(H2,22,23,26)(H2,24,25,27). The lowest BCUT2D eigenvalue weighted by molar-refractivity contribution is 0.600. The topological polar surface area (TPSA) is 149 Å². The van der Waals surface area contributed by atoms with Gasteiger partial charge in [0.2, 0.25) is 11.9 Å². The number of aryl methyl sites for hydroxylation is 1. The smallest absolute Gasteiger partial charge is 0.204 e. The zero-order valence-corrected chi connectivity index (χ0v) is 18.6. The van der Waals surface area contributed by atoms with E-state index in [-0.39, 0.29) is 0 Å². The summed E-state index contributed by atoms with van der Waals surface area (Å²) in [6, 6.07) is 0. The van der Waals surface area contributed by atoms with E-state index in [0.29, 0.717) is 18.5 Å². The van der Waals surface area contributed by atoms with E-state index in [1.807, 2.05) is 19.3 Å². The number of aromatic nitrogens is 2. The maximum atomic E-state index is 8.87. The van der Waals surface area contributed by atoms with Crippen molar-refractivity contribution in [1.29, 1.82) is 10.5 Å². The van der Waals surface area contributed by atoms with Crippen molar-refractivity contribution in [3.8, 4) is 12.4 Å². The number of nitrogens with one attached hydrogen (secondary N) is 5. The van der Waals surface area contributed by atoms with E-state index in [1.165, 1.54) is 0 Å². The highest BCUT2D eigenvalue weighted by atomic mass is 32.2. The van der Waals surface area contributed by atoms with Crippen LogP contribution in [0.3, 0.4) is 0 Å². The van der Waals surface area contributed by atoms with Crippen LogP contribution in [0.25, 0.3) is 0 Å². The molecule has 0 aliphatic carbocycles. The van der Waals surface area contributed by atoms with Crippen molar-refractivity contribution in [3.05, 3.63) is 17.7 Å². The molecule has 10 nitrogen and oxygen atoms in total. The van der Waals surface area contributed by atoms with Crippen LogP contribution in [-0.2, 0) is 5.75 Å². The van der Waals surface area contributed by atoms with Crippen LogP contribution in [0.5, 0.6) is 0 Å². The molecule has 1 aromatic rings. The van der Waals surface area contributed by atoms with Crippen LogP contribution in [0.1, 0.15) is 43.5 Å². The number of hydrogen-bond donors (Lipinski definition) is 5. The van der Waals surface area contributed by atoms with Gasteiger partial charge in [0.15, 0.2) is 12.4 Å². The van der Waals surface area contributed by atoms with E-state index in [9.17, 15) is 0 Å². The molecule has 30 heavy (non-hydrogen) atoms. The van der Waals surface area contributed by atoms with Crippen molar-refractivity contribution >= 4 is 23.7 Å². The van der Waals surface area contributed by atoms with Crippen molar-refractivity contribution in [3.63, 3.8) is 0 Å². The summed E-state index contributed by atoms with van der Waals surface area (Å²) in [7, 11) is 1.64. The number of nitriles is 2. The second-order valence-corrected chi connectivity index (χ2v) is 7.53. The molecule has 1 heterocycles. The van der Waals surface area contributed by atoms with E-state index >= 15 is 0 Å². The summed E-state index contributed by atoms with van der Waals surface area (Å²) >= 11 is 1.77. The highest BCUT2D eigenvalue weighted by Gasteiger charge is 2.01. The Kier molecular flexibility index (Phi) is 14.2. The number of aromatic amines is 1.